The van der Waals surface area contributed by atoms with Gasteiger partial charge in [0.15, 0.2) is 15.3 Å². The zero-order valence-electron chi connectivity index (χ0n) is 16.6. The van der Waals surface area contributed by atoms with Crippen molar-refractivity contribution in [2.45, 2.75) is 11.3 Å². The van der Waals surface area contributed by atoms with Crippen LogP contribution >= 0.6 is 7.82 Å². The summed E-state index contributed by atoms with van der Waals surface area (Å²) in [6.07, 6.45) is 0.0113. The van der Waals surface area contributed by atoms with Crippen LogP contribution in [-0.4, -0.2) is 44.9 Å². The number of phosphoric acid groups is 1. The van der Waals surface area contributed by atoms with Crippen LogP contribution in [0.15, 0.2) is 46.1 Å². The lowest BCUT2D eigenvalue weighted by Gasteiger charge is -2.13. The zero-order valence-corrected chi connectivity index (χ0v) is 18.3. The van der Waals surface area contributed by atoms with Gasteiger partial charge in [0, 0.05) is 37.3 Å². The van der Waals surface area contributed by atoms with Gasteiger partial charge >= 0.3 is 7.82 Å². The summed E-state index contributed by atoms with van der Waals surface area (Å²) in [4.78, 5) is 26.1. The van der Waals surface area contributed by atoms with Gasteiger partial charge < -0.3 is 4.98 Å². The number of fused-ring (bicyclic) bond motifs is 2. The van der Waals surface area contributed by atoms with Crippen LogP contribution in [0.25, 0.3) is 21.8 Å². The Balaban J connectivity index is 1.90. The first kappa shape index (κ1) is 23.0. The van der Waals surface area contributed by atoms with E-state index in [1.165, 1.54) is 30.3 Å². The van der Waals surface area contributed by atoms with Gasteiger partial charge in [0.1, 0.15) is 0 Å². The Hall–Kier alpha value is -2.63. The molecule has 0 amide bonds. The van der Waals surface area contributed by atoms with Gasteiger partial charge in [-0.15, -0.1) is 0 Å². The van der Waals surface area contributed by atoms with Gasteiger partial charge in [-0.2, -0.15) is 0 Å². The standard InChI is InChI=1S/C18H19N2O9PS/c1-27-30(24,28-2)29-8-3-9-31(25,26)13-5-7-17-15(11-13)18(21)14-10-12(20(22)23)4-6-16(14)19-17/h4-7,10-11H,3,8-9H2,1-2H3,(H,19,21). The molecule has 0 aliphatic heterocycles. The molecule has 0 saturated heterocycles. The molecular formula is C18H19N2O9PS. The molecule has 1 N–H and O–H groups in total. The smallest absolute Gasteiger partial charge is 0.354 e. The number of nitro benzene ring substituents is 1. The predicted molar refractivity (Wildman–Crippen MR) is 113 cm³/mol. The van der Waals surface area contributed by atoms with Crippen molar-refractivity contribution in [3.63, 3.8) is 0 Å². The van der Waals surface area contributed by atoms with Crippen molar-refractivity contribution in [2.24, 2.45) is 0 Å². The van der Waals surface area contributed by atoms with E-state index in [0.717, 1.165) is 20.3 Å². The van der Waals surface area contributed by atoms with Gasteiger partial charge in [-0.05, 0) is 30.7 Å². The topological polar surface area (TPSA) is 155 Å². The molecule has 0 atom stereocenters. The molecule has 166 valence electrons. The summed E-state index contributed by atoms with van der Waals surface area (Å²) in [6, 6.07) is 7.91. The molecule has 13 heteroatoms. The second kappa shape index (κ2) is 8.85. The maximum atomic E-state index is 12.9. The first-order valence-electron chi connectivity index (χ1n) is 8.93. The largest absolute Gasteiger partial charge is 0.474 e. The van der Waals surface area contributed by atoms with Crippen molar-refractivity contribution in [3.05, 3.63) is 56.7 Å². The normalized spacial score (nSPS) is 12.5. The molecule has 1 heterocycles. The molecule has 0 unspecified atom stereocenters. The molecule has 3 aromatic rings. The molecule has 0 fully saturated rings. The summed E-state index contributed by atoms with van der Waals surface area (Å²) in [5.74, 6) is -0.330. The minimum Gasteiger partial charge on any atom is -0.354 e. The van der Waals surface area contributed by atoms with E-state index < -0.39 is 28.0 Å². The maximum absolute atomic E-state index is 12.9. The lowest BCUT2D eigenvalue weighted by atomic mass is 10.1. The lowest BCUT2D eigenvalue weighted by Crippen LogP contribution is -2.11. The monoisotopic (exact) mass is 470 g/mol. The second-order valence-corrected chi connectivity index (χ2v) is 10.5. The third-order valence-electron chi connectivity index (χ3n) is 4.58. The summed E-state index contributed by atoms with van der Waals surface area (Å²) in [5, 5.41) is 11.2. The van der Waals surface area contributed by atoms with E-state index in [2.05, 4.69) is 14.0 Å². The van der Waals surface area contributed by atoms with E-state index in [1.807, 2.05) is 0 Å². The molecule has 0 aliphatic carbocycles. The quantitative estimate of drug-likeness (QED) is 0.163. The number of phosphoric ester groups is 1. The van der Waals surface area contributed by atoms with Crippen molar-refractivity contribution < 1.29 is 31.5 Å². The van der Waals surface area contributed by atoms with Crippen LogP contribution in [0.4, 0.5) is 5.69 Å². The average Bonchev–Trinajstić information content (AvgIpc) is 2.76. The van der Waals surface area contributed by atoms with Crippen LogP contribution in [0.5, 0.6) is 0 Å². The number of hydrogen-bond acceptors (Lipinski definition) is 9. The van der Waals surface area contributed by atoms with E-state index in [1.54, 1.807) is 0 Å². The highest BCUT2D eigenvalue weighted by molar-refractivity contribution is 7.91. The summed E-state index contributed by atoms with van der Waals surface area (Å²) in [5.41, 5.74) is 0.0332. The fourth-order valence-electron chi connectivity index (χ4n) is 2.97. The van der Waals surface area contributed by atoms with Gasteiger partial charge in [0.05, 0.1) is 33.1 Å². The molecule has 31 heavy (non-hydrogen) atoms. The number of H-pyrrole nitrogens is 1. The number of hydrogen-bond donors (Lipinski definition) is 1. The molecule has 0 aliphatic rings. The number of nitro groups is 1. The van der Waals surface area contributed by atoms with Crippen molar-refractivity contribution >= 4 is 45.2 Å². The Bertz CT molecular complexity index is 1360. The summed E-state index contributed by atoms with van der Waals surface area (Å²) < 4.78 is 51.3. The van der Waals surface area contributed by atoms with E-state index in [9.17, 15) is 27.9 Å². The molecule has 0 bridgehead atoms. The van der Waals surface area contributed by atoms with Crippen LogP contribution in [-0.2, 0) is 28.0 Å². The predicted octanol–water partition coefficient (Wildman–Crippen LogP) is 3.17. The fraction of sp³-hybridized carbons (Fsp3) is 0.278. The molecule has 0 radical (unpaired) electrons. The molecule has 0 saturated carbocycles. The second-order valence-electron chi connectivity index (χ2n) is 6.47. The first-order valence-corrected chi connectivity index (χ1v) is 12.0. The van der Waals surface area contributed by atoms with Gasteiger partial charge in [0.2, 0.25) is 0 Å². The number of pyridine rings is 1. The highest BCUT2D eigenvalue weighted by atomic mass is 32.2. The van der Waals surface area contributed by atoms with Crippen LogP contribution < -0.4 is 5.43 Å². The minimum atomic E-state index is -3.79. The number of aromatic amines is 1. The van der Waals surface area contributed by atoms with E-state index in [-0.39, 0.29) is 40.1 Å². The molecule has 0 spiro atoms. The minimum absolute atomic E-state index is 0.0113. The van der Waals surface area contributed by atoms with Gasteiger partial charge in [-0.3, -0.25) is 28.5 Å². The first-order chi connectivity index (χ1) is 14.6. The van der Waals surface area contributed by atoms with Crippen molar-refractivity contribution in [2.75, 3.05) is 26.6 Å². The fourth-order valence-corrected chi connectivity index (χ4v) is 4.99. The third-order valence-corrected chi connectivity index (χ3v) is 7.77. The van der Waals surface area contributed by atoms with Gasteiger partial charge in [-0.1, -0.05) is 0 Å². The zero-order chi connectivity index (χ0) is 22.8. The summed E-state index contributed by atoms with van der Waals surface area (Å²) in [7, 11) is -5.19. The molecule has 1 aromatic heterocycles. The van der Waals surface area contributed by atoms with Crippen molar-refractivity contribution in [1.82, 2.24) is 4.98 Å². The Labute approximate surface area is 176 Å². The number of non-ortho nitro benzene ring substituents is 1. The SMILES string of the molecule is COP(=O)(OC)OCCCS(=O)(=O)c1ccc2[nH]c3ccc([N+](=O)[O-])cc3c(=O)c2c1. The maximum Gasteiger partial charge on any atom is 0.474 e. The highest BCUT2D eigenvalue weighted by Gasteiger charge is 2.23. The van der Waals surface area contributed by atoms with Crippen molar-refractivity contribution in [3.8, 4) is 0 Å². The van der Waals surface area contributed by atoms with Crippen LogP contribution in [0.2, 0.25) is 0 Å². The number of nitrogens with zero attached hydrogens (tertiary/aromatic N) is 1. The number of aromatic nitrogens is 1. The Morgan fingerprint density at radius 2 is 1.68 bits per heavy atom. The van der Waals surface area contributed by atoms with Crippen LogP contribution in [0.3, 0.4) is 0 Å². The Morgan fingerprint density at radius 1 is 1.06 bits per heavy atom. The van der Waals surface area contributed by atoms with Gasteiger partial charge in [-0.25, -0.2) is 13.0 Å². The summed E-state index contributed by atoms with van der Waals surface area (Å²) >= 11 is 0. The average molecular weight is 470 g/mol. The van der Waals surface area contributed by atoms with E-state index >= 15 is 0 Å². The number of nitrogens with one attached hydrogen (secondary N) is 1. The summed E-state index contributed by atoms with van der Waals surface area (Å²) in [6.45, 7) is -0.180. The Kier molecular flexibility index (Phi) is 6.58. The highest BCUT2D eigenvalue weighted by Crippen LogP contribution is 2.47. The lowest BCUT2D eigenvalue weighted by molar-refractivity contribution is -0.384. The number of sulfone groups is 1. The third kappa shape index (κ3) is 4.83. The van der Waals surface area contributed by atoms with Crippen LogP contribution in [0.1, 0.15) is 6.42 Å². The molecule has 3 rings (SSSR count). The number of benzene rings is 2. The van der Waals surface area contributed by atoms with E-state index in [4.69, 9.17) is 4.52 Å². The molecular weight excluding hydrogens is 451 g/mol. The Morgan fingerprint density at radius 3 is 2.29 bits per heavy atom. The molecule has 11 nitrogen and oxygen atoms in total. The van der Waals surface area contributed by atoms with Crippen molar-refractivity contribution in [1.29, 1.82) is 0 Å². The molecule has 2 aromatic carbocycles. The van der Waals surface area contributed by atoms with E-state index in [0.29, 0.717) is 11.0 Å². The van der Waals surface area contributed by atoms with Gasteiger partial charge in [0.25, 0.3) is 5.69 Å². The van der Waals surface area contributed by atoms with Crippen LogP contribution in [0, 0.1) is 10.1 Å². The number of rotatable bonds is 9.